The van der Waals surface area contributed by atoms with Gasteiger partial charge in [-0.05, 0) is 41.4 Å². The van der Waals surface area contributed by atoms with Gasteiger partial charge < -0.3 is 4.18 Å². The Morgan fingerprint density at radius 3 is 1.66 bits per heavy atom. The van der Waals surface area contributed by atoms with E-state index in [2.05, 4.69) is 4.18 Å². The molecule has 0 spiro atoms. The second-order valence-electron chi connectivity index (χ2n) is 8.74. The summed E-state index contributed by atoms with van der Waals surface area (Å²) >= 11 is 0. The van der Waals surface area contributed by atoms with Crippen LogP contribution in [0.3, 0.4) is 0 Å². The van der Waals surface area contributed by atoms with Gasteiger partial charge in [0.1, 0.15) is 5.75 Å². The number of hydrogen-bond donors (Lipinski definition) is 1. The number of hydrogen-bond acceptors (Lipinski definition) is 5. The number of rotatable bonds is 9. The van der Waals surface area contributed by atoms with Gasteiger partial charge in [0.25, 0.3) is 0 Å². The zero-order valence-corrected chi connectivity index (χ0v) is 19.4. The maximum atomic E-state index is 13.9. The number of alkyl halides is 6. The summed E-state index contributed by atoms with van der Waals surface area (Å²) in [6, 6.07) is 4.38. The van der Waals surface area contributed by atoms with Crippen LogP contribution < -0.4 is 4.18 Å². The van der Waals surface area contributed by atoms with Crippen molar-refractivity contribution < 1.29 is 51.9 Å². The maximum absolute atomic E-state index is 13.9. The first-order valence-electron chi connectivity index (χ1n) is 9.13. The zero-order valence-electron chi connectivity index (χ0n) is 17.7. The number of benzene rings is 1. The van der Waals surface area contributed by atoms with Gasteiger partial charge in [0.05, 0.1) is 0 Å². The lowest BCUT2D eigenvalue weighted by atomic mass is 9.72. The highest BCUT2D eigenvalue weighted by molar-refractivity contribution is 7.88. The predicted octanol–water partition coefficient (Wildman–Crippen LogP) is 5.28. The molecule has 6 nitrogen and oxygen atoms in total. The third-order valence-electron chi connectivity index (χ3n) is 4.61. The average Bonchev–Trinajstić information content (AvgIpc) is 2.57. The molecule has 1 aromatic carbocycles. The second kappa shape index (κ2) is 8.67. The van der Waals surface area contributed by atoms with Crippen molar-refractivity contribution in [2.75, 3.05) is 0 Å². The standard InChI is InChI=1S/C18H24F6O6S2/c1-11(2)10-14(15(3,4)5)12-6-8-13(9-7-12)30-32(28,29)18(23,24)16(19,20)17(21,22)31(25,26)27/h6-9,11,14H,10H2,1-5H3,(H,25,26,27). The summed E-state index contributed by atoms with van der Waals surface area (Å²) in [5.74, 6) is -7.74. The van der Waals surface area contributed by atoms with Gasteiger partial charge in [-0.3, -0.25) is 4.55 Å². The van der Waals surface area contributed by atoms with Crippen LogP contribution in [0.2, 0.25) is 0 Å². The Labute approximate surface area is 182 Å². The smallest absolute Gasteiger partial charge is 0.378 e. The molecule has 14 heteroatoms. The van der Waals surface area contributed by atoms with Crippen LogP contribution in [0.4, 0.5) is 26.3 Å². The summed E-state index contributed by atoms with van der Waals surface area (Å²) in [6.45, 7) is 9.74. The highest BCUT2D eigenvalue weighted by Crippen LogP contribution is 2.51. The van der Waals surface area contributed by atoms with Gasteiger partial charge in [0.15, 0.2) is 0 Å². The van der Waals surface area contributed by atoms with Crippen LogP contribution in [0, 0.1) is 11.3 Å². The van der Waals surface area contributed by atoms with E-state index < -0.39 is 42.4 Å². The highest BCUT2D eigenvalue weighted by Gasteiger charge is 2.83. The fraction of sp³-hybridized carbons (Fsp3) is 0.667. The molecule has 0 bridgehead atoms. The van der Waals surface area contributed by atoms with Gasteiger partial charge in [-0.1, -0.05) is 46.8 Å². The lowest BCUT2D eigenvalue weighted by Crippen LogP contribution is -2.61. The summed E-state index contributed by atoms with van der Waals surface area (Å²) in [4.78, 5) is 0. The first-order valence-corrected chi connectivity index (χ1v) is 12.0. The molecule has 1 N–H and O–H groups in total. The Bertz CT molecular complexity index is 1010. The number of halogens is 6. The third-order valence-corrected chi connectivity index (χ3v) is 6.81. The van der Waals surface area contributed by atoms with Crippen molar-refractivity contribution in [1.29, 1.82) is 0 Å². The minimum atomic E-state index is -7.10. The Kier molecular flexibility index (Phi) is 7.72. The molecule has 0 aliphatic carbocycles. The van der Waals surface area contributed by atoms with Crippen molar-refractivity contribution in [1.82, 2.24) is 0 Å². The van der Waals surface area contributed by atoms with Crippen molar-refractivity contribution >= 4 is 20.2 Å². The van der Waals surface area contributed by atoms with Gasteiger partial charge in [-0.2, -0.15) is 43.2 Å². The molecule has 0 aliphatic rings. The van der Waals surface area contributed by atoms with E-state index in [1.807, 2.05) is 34.6 Å². The molecule has 0 aliphatic heterocycles. The Morgan fingerprint density at radius 2 is 1.31 bits per heavy atom. The van der Waals surface area contributed by atoms with Crippen LogP contribution in [-0.2, 0) is 20.2 Å². The zero-order chi connectivity index (χ0) is 25.6. The Hall–Kier alpha value is -1.54. The Morgan fingerprint density at radius 1 is 0.875 bits per heavy atom. The van der Waals surface area contributed by atoms with E-state index in [1.165, 1.54) is 12.1 Å². The van der Waals surface area contributed by atoms with E-state index in [0.717, 1.165) is 12.1 Å². The fourth-order valence-corrected chi connectivity index (χ4v) is 4.31. The lowest BCUT2D eigenvalue weighted by molar-refractivity contribution is -0.247. The van der Waals surface area contributed by atoms with E-state index in [0.29, 0.717) is 12.0 Å². The van der Waals surface area contributed by atoms with Crippen LogP contribution in [0.25, 0.3) is 0 Å². The third kappa shape index (κ3) is 5.33. The van der Waals surface area contributed by atoms with Crippen molar-refractivity contribution in [3.8, 4) is 5.75 Å². The van der Waals surface area contributed by atoms with Gasteiger partial charge in [-0.15, -0.1) is 0 Å². The summed E-state index contributed by atoms with van der Waals surface area (Å²) in [7, 11) is -13.9. The normalized spacial score (nSPS) is 15.7. The molecule has 32 heavy (non-hydrogen) atoms. The van der Waals surface area contributed by atoms with Gasteiger partial charge in [0.2, 0.25) is 0 Å². The summed E-state index contributed by atoms with van der Waals surface area (Å²) in [5.41, 5.74) is 0.403. The molecule has 0 saturated heterocycles. The first kappa shape index (κ1) is 28.5. The molecule has 1 rings (SSSR count). The summed E-state index contributed by atoms with van der Waals surface area (Å²) < 4.78 is 138. The SMILES string of the molecule is CC(C)CC(c1ccc(OS(=O)(=O)C(F)(F)C(F)(F)C(F)(F)S(=O)(=O)O)cc1)C(C)(C)C. The molecular weight excluding hydrogens is 490 g/mol. The monoisotopic (exact) mass is 514 g/mol. The Balaban J connectivity index is 3.31. The van der Waals surface area contributed by atoms with Crippen LogP contribution in [0.15, 0.2) is 24.3 Å². The van der Waals surface area contributed by atoms with Crippen LogP contribution in [0.5, 0.6) is 5.75 Å². The minimum Gasteiger partial charge on any atom is -0.378 e. The fourth-order valence-electron chi connectivity index (χ4n) is 2.88. The topological polar surface area (TPSA) is 97.7 Å². The van der Waals surface area contributed by atoms with Crippen molar-refractivity contribution in [3.05, 3.63) is 29.8 Å². The van der Waals surface area contributed by atoms with Crippen molar-refractivity contribution in [2.24, 2.45) is 11.3 Å². The van der Waals surface area contributed by atoms with E-state index in [-0.39, 0.29) is 17.3 Å². The molecule has 1 aromatic rings. The molecule has 0 heterocycles. The molecule has 0 radical (unpaired) electrons. The molecule has 0 aromatic heterocycles. The maximum Gasteiger partial charge on any atom is 0.450 e. The highest BCUT2D eigenvalue weighted by atomic mass is 32.2. The van der Waals surface area contributed by atoms with Crippen LogP contribution >= 0.6 is 0 Å². The summed E-state index contributed by atoms with van der Waals surface area (Å²) in [5, 5.41) is -13.5. The van der Waals surface area contributed by atoms with Gasteiger partial charge >= 0.3 is 36.7 Å². The second-order valence-corrected chi connectivity index (χ2v) is 11.8. The predicted molar refractivity (Wildman–Crippen MR) is 104 cm³/mol. The molecule has 186 valence electrons. The van der Waals surface area contributed by atoms with Gasteiger partial charge in [-0.25, -0.2) is 0 Å². The largest absolute Gasteiger partial charge is 0.450 e. The van der Waals surface area contributed by atoms with E-state index in [4.69, 9.17) is 4.55 Å². The van der Waals surface area contributed by atoms with E-state index >= 15 is 0 Å². The molecule has 1 unspecified atom stereocenters. The van der Waals surface area contributed by atoms with Gasteiger partial charge in [0, 0.05) is 0 Å². The van der Waals surface area contributed by atoms with Crippen molar-refractivity contribution in [3.63, 3.8) is 0 Å². The van der Waals surface area contributed by atoms with Crippen LogP contribution in [-0.4, -0.2) is 37.8 Å². The molecule has 0 amide bonds. The quantitative estimate of drug-likeness (QED) is 0.274. The molecule has 1 atom stereocenters. The summed E-state index contributed by atoms with van der Waals surface area (Å²) in [6.07, 6.45) is 0.705. The van der Waals surface area contributed by atoms with Crippen LogP contribution in [0.1, 0.15) is 52.5 Å². The van der Waals surface area contributed by atoms with E-state index in [1.54, 1.807) is 0 Å². The lowest BCUT2D eigenvalue weighted by Gasteiger charge is -2.33. The average molecular weight is 515 g/mol. The minimum absolute atomic E-state index is 0.0626. The molecular formula is C18H24F6O6S2. The molecule has 0 fully saturated rings. The first-order chi connectivity index (χ1) is 14.0. The van der Waals surface area contributed by atoms with E-state index in [9.17, 15) is 43.2 Å². The van der Waals surface area contributed by atoms with Crippen molar-refractivity contribution in [2.45, 2.75) is 63.4 Å². The molecule has 0 saturated carbocycles.